The van der Waals surface area contributed by atoms with Crippen molar-refractivity contribution < 1.29 is 28.7 Å². The standard InChI is InChI=1S/C25H33N3O6/c1-7-17-11-8-9-14-19(17)21(22(30)26-15-20(29)33-6)28(18-12-10-13-18)23(31)16(2)27-24(32)34-25(3,4)5/h1,8-9,11,14,16,18,21H,10,12-13,15H2,2-6H3,(H,26,30)(H,27,32). The monoisotopic (exact) mass is 471 g/mol. The number of ether oxygens (including phenoxy) is 2. The summed E-state index contributed by atoms with van der Waals surface area (Å²) in [6.07, 6.45) is 7.24. The normalized spacial score (nSPS) is 15.1. The van der Waals surface area contributed by atoms with Gasteiger partial charge in [-0.25, -0.2) is 4.79 Å². The maximum Gasteiger partial charge on any atom is 0.408 e. The highest BCUT2D eigenvalue weighted by Gasteiger charge is 2.41. The third kappa shape index (κ3) is 6.98. The molecule has 1 fully saturated rings. The summed E-state index contributed by atoms with van der Waals surface area (Å²) in [5.41, 5.74) is 0.172. The zero-order chi connectivity index (χ0) is 25.5. The van der Waals surface area contributed by atoms with Crippen molar-refractivity contribution in [3.8, 4) is 12.3 Å². The number of terminal acetylenes is 1. The Hall–Kier alpha value is -3.54. The molecule has 34 heavy (non-hydrogen) atoms. The molecule has 0 aromatic heterocycles. The molecule has 0 aliphatic heterocycles. The molecule has 9 nitrogen and oxygen atoms in total. The van der Waals surface area contributed by atoms with Crippen LogP contribution in [0.15, 0.2) is 24.3 Å². The van der Waals surface area contributed by atoms with Gasteiger partial charge in [0.1, 0.15) is 24.2 Å². The molecule has 1 aromatic rings. The fourth-order valence-corrected chi connectivity index (χ4v) is 3.56. The van der Waals surface area contributed by atoms with Gasteiger partial charge in [-0.3, -0.25) is 14.4 Å². The first kappa shape index (κ1) is 26.7. The zero-order valence-electron chi connectivity index (χ0n) is 20.3. The summed E-state index contributed by atoms with van der Waals surface area (Å²) in [4.78, 5) is 52.4. The fourth-order valence-electron chi connectivity index (χ4n) is 3.56. The second-order valence-corrected chi connectivity index (χ2v) is 9.13. The van der Waals surface area contributed by atoms with E-state index in [-0.39, 0.29) is 12.6 Å². The first-order valence-electron chi connectivity index (χ1n) is 11.2. The minimum Gasteiger partial charge on any atom is -0.468 e. The second kappa shape index (κ2) is 11.5. The first-order valence-corrected chi connectivity index (χ1v) is 11.2. The van der Waals surface area contributed by atoms with E-state index < -0.39 is 41.6 Å². The number of hydrogen-bond donors (Lipinski definition) is 2. The molecular formula is C25H33N3O6. The molecule has 0 heterocycles. The van der Waals surface area contributed by atoms with Crippen LogP contribution >= 0.6 is 0 Å². The highest BCUT2D eigenvalue weighted by Crippen LogP contribution is 2.34. The van der Waals surface area contributed by atoms with Crippen LogP contribution in [0.2, 0.25) is 0 Å². The Morgan fingerprint density at radius 2 is 1.85 bits per heavy atom. The minimum atomic E-state index is -1.10. The molecular weight excluding hydrogens is 438 g/mol. The van der Waals surface area contributed by atoms with Gasteiger partial charge < -0.3 is 25.0 Å². The second-order valence-electron chi connectivity index (χ2n) is 9.13. The van der Waals surface area contributed by atoms with Gasteiger partial charge in [0.05, 0.1) is 7.11 Å². The molecule has 1 saturated carbocycles. The number of esters is 1. The van der Waals surface area contributed by atoms with Crippen molar-refractivity contribution in [1.29, 1.82) is 0 Å². The highest BCUT2D eigenvalue weighted by molar-refractivity contribution is 5.93. The summed E-state index contributed by atoms with van der Waals surface area (Å²) in [5.74, 6) is 0.908. The Bertz CT molecular complexity index is 958. The molecule has 2 unspecified atom stereocenters. The van der Waals surface area contributed by atoms with Crippen molar-refractivity contribution in [2.24, 2.45) is 0 Å². The summed E-state index contributed by atoms with van der Waals surface area (Å²) >= 11 is 0. The van der Waals surface area contributed by atoms with Gasteiger partial charge >= 0.3 is 12.1 Å². The topological polar surface area (TPSA) is 114 Å². The lowest BCUT2D eigenvalue weighted by Crippen LogP contribution is -2.57. The van der Waals surface area contributed by atoms with Gasteiger partial charge in [-0.05, 0) is 58.6 Å². The Kier molecular flexibility index (Phi) is 9.07. The van der Waals surface area contributed by atoms with E-state index in [2.05, 4.69) is 21.3 Å². The molecule has 2 rings (SSSR count). The highest BCUT2D eigenvalue weighted by atomic mass is 16.6. The number of carbonyl (C=O) groups is 4. The summed E-state index contributed by atoms with van der Waals surface area (Å²) < 4.78 is 9.88. The van der Waals surface area contributed by atoms with Crippen LogP contribution in [-0.4, -0.2) is 60.1 Å². The average Bonchev–Trinajstić information content (AvgIpc) is 2.73. The number of nitrogens with zero attached hydrogens (tertiary/aromatic N) is 1. The smallest absolute Gasteiger partial charge is 0.408 e. The van der Waals surface area contributed by atoms with Crippen molar-refractivity contribution in [3.63, 3.8) is 0 Å². The van der Waals surface area contributed by atoms with Crippen LogP contribution in [0.1, 0.15) is 64.1 Å². The van der Waals surface area contributed by atoms with E-state index in [4.69, 9.17) is 11.2 Å². The zero-order valence-corrected chi connectivity index (χ0v) is 20.3. The number of methoxy groups -OCH3 is 1. The molecule has 1 aliphatic carbocycles. The molecule has 1 aliphatic rings. The molecule has 0 spiro atoms. The van der Waals surface area contributed by atoms with Crippen molar-refractivity contribution in [2.45, 2.75) is 70.7 Å². The van der Waals surface area contributed by atoms with E-state index in [9.17, 15) is 19.2 Å². The Balaban J connectivity index is 2.42. The maximum absolute atomic E-state index is 13.6. The number of nitrogens with one attached hydrogen (secondary N) is 2. The molecule has 184 valence electrons. The van der Waals surface area contributed by atoms with Gasteiger partial charge in [0.25, 0.3) is 0 Å². The third-order valence-electron chi connectivity index (χ3n) is 5.40. The number of rotatable bonds is 8. The minimum absolute atomic E-state index is 0.227. The van der Waals surface area contributed by atoms with Crippen molar-refractivity contribution in [2.75, 3.05) is 13.7 Å². The van der Waals surface area contributed by atoms with E-state index in [1.807, 2.05) is 0 Å². The van der Waals surface area contributed by atoms with Crippen LogP contribution in [0, 0.1) is 12.3 Å². The quantitative estimate of drug-likeness (QED) is 0.444. The molecule has 9 heteroatoms. The van der Waals surface area contributed by atoms with Gasteiger partial charge in [0, 0.05) is 11.6 Å². The van der Waals surface area contributed by atoms with E-state index in [1.165, 1.54) is 18.9 Å². The molecule has 0 radical (unpaired) electrons. The predicted molar refractivity (Wildman–Crippen MR) is 125 cm³/mol. The maximum atomic E-state index is 13.6. The third-order valence-corrected chi connectivity index (χ3v) is 5.40. The van der Waals surface area contributed by atoms with Gasteiger partial charge in [-0.15, -0.1) is 6.42 Å². The van der Waals surface area contributed by atoms with Crippen LogP contribution < -0.4 is 10.6 Å². The molecule has 0 bridgehead atoms. The fraction of sp³-hybridized carbons (Fsp3) is 0.520. The van der Waals surface area contributed by atoms with Crippen molar-refractivity contribution in [1.82, 2.24) is 15.5 Å². The number of carbonyl (C=O) groups excluding carboxylic acids is 4. The van der Waals surface area contributed by atoms with Crippen LogP contribution in [0.25, 0.3) is 0 Å². The lowest BCUT2D eigenvalue weighted by Gasteiger charge is -2.43. The Morgan fingerprint density at radius 3 is 2.38 bits per heavy atom. The summed E-state index contributed by atoms with van der Waals surface area (Å²) in [6, 6.07) is 4.54. The van der Waals surface area contributed by atoms with E-state index in [0.717, 1.165) is 6.42 Å². The van der Waals surface area contributed by atoms with E-state index in [0.29, 0.717) is 24.0 Å². The largest absolute Gasteiger partial charge is 0.468 e. The molecule has 2 atom stereocenters. The number of benzene rings is 1. The predicted octanol–water partition coefficient (Wildman–Crippen LogP) is 2.29. The summed E-state index contributed by atoms with van der Waals surface area (Å²) in [6.45, 7) is 6.34. The van der Waals surface area contributed by atoms with Crippen LogP contribution in [-0.2, 0) is 23.9 Å². The number of alkyl carbamates (subject to hydrolysis) is 1. The van der Waals surface area contributed by atoms with Gasteiger partial charge in [0.2, 0.25) is 11.8 Å². The van der Waals surface area contributed by atoms with Crippen LogP contribution in [0.5, 0.6) is 0 Å². The lowest BCUT2D eigenvalue weighted by molar-refractivity contribution is -0.148. The van der Waals surface area contributed by atoms with E-state index in [1.54, 1.807) is 45.0 Å². The Morgan fingerprint density at radius 1 is 1.21 bits per heavy atom. The number of hydrogen-bond acceptors (Lipinski definition) is 6. The average molecular weight is 472 g/mol. The van der Waals surface area contributed by atoms with Crippen LogP contribution in [0.3, 0.4) is 0 Å². The van der Waals surface area contributed by atoms with Gasteiger partial charge in [0.15, 0.2) is 0 Å². The summed E-state index contributed by atoms with van der Waals surface area (Å²) in [7, 11) is 1.22. The lowest BCUT2D eigenvalue weighted by atomic mass is 9.87. The Labute approximate surface area is 200 Å². The van der Waals surface area contributed by atoms with Crippen molar-refractivity contribution in [3.05, 3.63) is 35.4 Å². The molecule has 0 saturated heterocycles. The van der Waals surface area contributed by atoms with E-state index >= 15 is 0 Å². The molecule has 2 N–H and O–H groups in total. The first-order chi connectivity index (χ1) is 16.0. The summed E-state index contributed by atoms with van der Waals surface area (Å²) in [5, 5.41) is 5.10. The number of amides is 3. The molecule has 1 aromatic carbocycles. The van der Waals surface area contributed by atoms with Crippen LogP contribution in [0.4, 0.5) is 4.79 Å². The van der Waals surface area contributed by atoms with Gasteiger partial charge in [-0.2, -0.15) is 0 Å². The van der Waals surface area contributed by atoms with Crippen molar-refractivity contribution >= 4 is 23.9 Å². The SMILES string of the molecule is C#Cc1ccccc1C(C(=O)NCC(=O)OC)N(C(=O)C(C)NC(=O)OC(C)(C)C)C1CCC1. The molecule has 3 amide bonds. The van der Waals surface area contributed by atoms with Gasteiger partial charge in [-0.1, -0.05) is 24.1 Å².